The van der Waals surface area contributed by atoms with Gasteiger partial charge in [-0.05, 0) is 18.6 Å². The van der Waals surface area contributed by atoms with Crippen molar-refractivity contribution in [3.05, 3.63) is 28.2 Å². The molecule has 0 aliphatic rings. The van der Waals surface area contributed by atoms with E-state index in [1.165, 1.54) is 0 Å². The molecule has 0 aliphatic carbocycles. The predicted octanol–water partition coefficient (Wildman–Crippen LogP) is 3.06. The monoisotopic (exact) mass is 260 g/mol. The third kappa shape index (κ3) is 3.37. The van der Waals surface area contributed by atoms with E-state index in [-0.39, 0.29) is 5.91 Å². The molecule has 0 saturated heterocycles. The number of anilines is 1. The lowest BCUT2D eigenvalue weighted by molar-refractivity contribution is -0.117. The van der Waals surface area contributed by atoms with Crippen molar-refractivity contribution in [2.45, 2.75) is 25.8 Å². The van der Waals surface area contributed by atoms with Gasteiger partial charge < -0.3 is 11.1 Å². The van der Waals surface area contributed by atoms with Gasteiger partial charge in [-0.1, -0.05) is 42.6 Å². The van der Waals surface area contributed by atoms with Gasteiger partial charge in [-0.25, -0.2) is 0 Å². The summed E-state index contributed by atoms with van der Waals surface area (Å²) in [6.07, 6.45) is 1.50. The molecule has 1 amide bonds. The minimum atomic E-state index is -0.514. The lowest BCUT2D eigenvalue weighted by Crippen LogP contribution is -2.35. The number of hydrogen-bond donors (Lipinski definition) is 2. The second-order valence-electron chi connectivity index (χ2n) is 3.49. The molecule has 16 heavy (non-hydrogen) atoms. The van der Waals surface area contributed by atoms with Crippen LogP contribution in [0.1, 0.15) is 19.8 Å². The fourth-order valence-corrected chi connectivity index (χ4v) is 1.62. The van der Waals surface area contributed by atoms with Gasteiger partial charge in [0.05, 0.1) is 21.8 Å². The van der Waals surface area contributed by atoms with Crippen LogP contribution in [0.25, 0.3) is 0 Å². The number of hydrogen-bond acceptors (Lipinski definition) is 2. The van der Waals surface area contributed by atoms with Crippen LogP contribution in [-0.2, 0) is 4.79 Å². The Morgan fingerprint density at radius 1 is 1.50 bits per heavy atom. The number of nitrogens with one attached hydrogen (secondary N) is 1. The van der Waals surface area contributed by atoms with Gasteiger partial charge in [-0.2, -0.15) is 0 Å². The summed E-state index contributed by atoms with van der Waals surface area (Å²) in [6, 6.07) is 4.55. The number of carbonyl (C=O) groups is 1. The molecule has 0 spiro atoms. The van der Waals surface area contributed by atoms with Crippen LogP contribution in [0, 0.1) is 0 Å². The molecule has 1 atom stereocenters. The second kappa shape index (κ2) is 6.09. The van der Waals surface area contributed by atoms with Crippen molar-refractivity contribution in [3.8, 4) is 0 Å². The van der Waals surface area contributed by atoms with Gasteiger partial charge in [-0.15, -0.1) is 0 Å². The van der Waals surface area contributed by atoms with E-state index in [1.807, 2.05) is 6.92 Å². The van der Waals surface area contributed by atoms with Crippen molar-refractivity contribution < 1.29 is 4.79 Å². The maximum Gasteiger partial charge on any atom is 0.241 e. The van der Waals surface area contributed by atoms with Gasteiger partial charge in [0.15, 0.2) is 0 Å². The molecule has 0 aromatic heterocycles. The molecule has 1 aromatic carbocycles. The Morgan fingerprint density at radius 3 is 2.81 bits per heavy atom. The van der Waals surface area contributed by atoms with Crippen LogP contribution in [0.2, 0.25) is 10.0 Å². The van der Waals surface area contributed by atoms with Gasteiger partial charge in [0.25, 0.3) is 0 Å². The minimum absolute atomic E-state index is 0.244. The summed E-state index contributed by atoms with van der Waals surface area (Å²) in [7, 11) is 0. The Balaban J connectivity index is 2.73. The first-order chi connectivity index (χ1) is 7.56. The molecule has 3 N–H and O–H groups in total. The molecule has 88 valence electrons. The molecule has 0 radical (unpaired) electrons. The molecule has 0 aliphatic heterocycles. The van der Waals surface area contributed by atoms with E-state index < -0.39 is 6.04 Å². The fraction of sp³-hybridized carbons (Fsp3) is 0.364. The molecule has 1 rings (SSSR count). The number of rotatable bonds is 4. The SMILES string of the molecule is CCC[C@H](N)C(=O)Nc1cccc(Cl)c1Cl. The highest BCUT2D eigenvalue weighted by atomic mass is 35.5. The average molecular weight is 261 g/mol. The molecular formula is C11H14Cl2N2O. The van der Waals surface area contributed by atoms with Crippen molar-refractivity contribution >= 4 is 34.8 Å². The number of amides is 1. The lowest BCUT2D eigenvalue weighted by atomic mass is 10.1. The van der Waals surface area contributed by atoms with Gasteiger partial charge in [0.1, 0.15) is 0 Å². The van der Waals surface area contributed by atoms with Crippen LogP contribution < -0.4 is 11.1 Å². The highest BCUT2D eigenvalue weighted by Crippen LogP contribution is 2.29. The third-order valence-electron chi connectivity index (χ3n) is 2.15. The first-order valence-electron chi connectivity index (χ1n) is 5.06. The Kier molecular flexibility index (Phi) is 5.06. The fourth-order valence-electron chi connectivity index (χ4n) is 1.27. The molecule has 0 unspecified atom stereocenters. The summed E-state index contributed by atoms with van der Waals surface area (Å²) in [5, 5.41) is 3.40. The van der Waals surface area contributed by atoms with E-state index in [9.17, 15) is 4.79 Å². The van der Waals surface area contributed by atoms with Crippen molar-refractivity contribution in [1.29, 1.82) is 0 Å². The van der Waals surface area contributed by atoms with Crippen LogP contribution >= 0.6 is 23.2 Å². The summed E-state index contributed by atoms with van der Waals surface area (Å²) in [6.45, 7) is 1.97. The Labute approximate surface area is 105 Å². The van der Waals surface area contributed by atoms with Crippen LogP contribution in [0.15, 0.2) is 18.2 Å². The topological polar surface area (TPSA) is 55.1 Å². The third-order valence-corrected chi connectivity index (χ3v) is 2.96. The van der Waals surface area contributed by atoms with Crippen LogP contribution in [0.5, 0.6) is 0 Å². The molecular weight excluding hydrogens is 247 g/mol. The lowest BCUT2D eigenvalue weighted by Gasteiger charge is -2.12. The summed E-state index contributed by atoms with van der Waals surface area (Å²) >= 11 is 11.8. The minimum Gasteiger partial charge on any atom is -0.323 e. The standard InChI is InChI=1S/C11H14Cl2N2O/c1-2-4-8(14)11(16)15-9-6-3-5-7(12)10(9)13/h3,5-6,8H,2,4,14H2,1H3,(H,15,16)/t8-/m0/s1. The van der Waals surface area contributed by atoms with Crippen molar-refractivity contribution in [1.82, 2.24) is 0 Å². The molecule has 3 nitrogen and oxygen atoms in total. The summed E-state index contributed by atoms with van der Waals surface area (Å²) in [4.78, 5) is 11.6. The summed E-state index contributed by atoms with van der Waals surface area (Å²) in [5.74, 6) is -0.244. The smallest absolute Gasteiger partial charge is 0.241 e. The number of carbonyl (C=O) groups excluding carboxylic acids is 1. The largest absolute Gasteiger partial charge is 0.323 e. The van der Waals surface area contributed by atoms with E-state index in [0.717, 1.165) is 6.42 Å². The van der Waals surface area contributed by atoms with E-state index in [2.05, 4.69) is 5.32 Å². The Bertz CT molecular complexity index is 382. The first kappa shape index (κ1) is 13.3. The maximum absolute atomic E-state index is 11.6. The molecule has 0 saturated carbocycles. The van der Waals surface area contributed by atoms with Gasteiger partial charge in [0.2, 0.25) is 5.91 Å². The normalized spacial score (nSPS) is 12.2. The second-order valence-corrected chi connectivity index (χ2v) is 4.27. The van der Waals surface area contributed by atoms with Gasteiger partial charge in [0, 0.05) is 0 Å². The Morgan fingerprint density at radius 2 is 2.19 bits per heavy atom. The van der Waals surface area contributed by atoms with Crippen LogP contribution in [-0.4, -0.2) is 11.9 Å². The summed E-state index contributed by atoms with van der Waals surface area (Å²) < 4.78 is 0. The Hall–Kier alpha value is -0.770. The predicted molar refractivity (Wildman–Crippen MR) is 68.0 cm³/mol. The zero-order valence-corrected chi connectivity index (χ0v) is 10.5. The van der Waals surface area contributed by atoms with E-state index in [0.29, 0.717) is 22.2 Å². The highest BCUT2D eigenvalue weighted by molar-refractivity contribution is 6.44. The van der Waals surface area contributed by atoms with Crippen molar-refractivity contribution in [3.63, 3.8) is 0 Å². The van der Waals surface area contributed by atoms with Crippen LogP contribution in [0.3, 0.4) is 0 Å². The van der Waals surface area contributed by atoms with Crippen molar-refractivity contribution in [2.24, 2.45) is 5.73 Å². The molecule has 0 fully saturated rings. The van der Waals surface area contributed by atoms with Crippen molar-refractivity contribution in [2.75, 3.05) is 5.32 Å². The number of nitrogens with two attached hydrogens (primary N) is 1. The maximum atomic E-state index is 11.6. The molecule has 1 aromatic rings. The van der Waals surface area contributed by atoms with E-state index in [4.69, 9.17) is 28.9 Å². The van der Waals surface area contributed by atoms with E-state index in [1.54, 1.807) is 18.2 Å². The number of benzene rings is 1. The average Bonchev–Trinajstić information content (AvgIpc) is 2.25. The molecule has 5 heteroatoms. The zero-order chi connectivity index (χ0) is 12.1. The number of halogens is 2. The molecule has 0 heterocycles. The molecule has 0 bridgehead atoms. The van der Waals surface area contributed by atoms with Gasteiger partial charge >= 0.3 is 0 Å². The highest BCUT2D eigenvalue weighted by Gasteiger charge is 2.14. The first-order valence-corrected chi connectivity index (χ1v) is 5.82. The zero-order valence-electron chi connectivity index (χ0n) is 8.97. The summed E-state index contributed by atoms with van der Waals surface area (Å²) in [5.41, 5.74) is 6.17. The van der Waals surface area contributed by atoms with Gasteiger partial charge in [-0.3, -0.25) is 4.79 Å². The van der Waals surface area contributed by atoms with Crippen LogP contribution in [0.4, 0.5) is 5.69 Å². The van der Waals surface area contributed by atoms with E-state index >= 15 is 0 Å². The quantitative estimate of drug-likeness (QED) is 0.875.